The summed E-state index contributed by atoms with van der Waals surface area (Å²) >= 11 is 0. The Morgan fingerprint density at radius 2 is 1.57 bits per heavy atom. The van der Waals surface area contributed by atoms with Crippen molar-refractivity contribution in [2.24, 2.45) is 0 Å². The quantitative estimate of drug-likeness (QED) is 0.839. The number of carbonyl (C=O) groups is 2. The molecule has 4 heteroatoms. The Balaban J connectivity index is 1.94. The monoisotopic (exact) mass is 282 g/mol. The Kier molecular flexibility index (Phi) is 4.72. The predicted molar refractivity (Wildman–Crippen MR) is 83.5 cm³/mol. The largest absolute Gasteiger partial charge is 0.331 e. The smallest absolute Gasteiger partial charge is 0.319 e. The van der Waals surface area contributed by atoms with Gasteiger partial charge in [0.2, 0.25) is 0 Å². The van der Waals surface area contributed by atoms with Gasteiger partial charge in [-0.1, -0.05) is 30.3 Å². The third-order valence-electron chi connectivity index (χ3n) is 3.20. The van der Waals surface area contributed by atoms with E-state index in [4.69, 9.17) is 0 Å². The van der Waals surface area contributed by atoms with E-state index in [9.17, 15) is 9.59 Å². The third kappa shape index (κ3) is 4.18. The topological polar surface area (TPSA) is 58.2 Å². The summed E-state index contributed by atoms with van der Waals surface area (Å²) in [4.78, 5) is 23.1. The number of ketones is 1. The van der Waals surface area contributed by atoms with E-state index in [0.29, 0.717) is 11.3 Å². The van der Waals surface area contributed by atoms with Gasteiger partial charge in [0.1, 0.15) is 0 Å². The van der Waals surface area contributed by atoms with Crippen molar-refractivity contribution in [3.63, 3.8) is 0 Å². The summed E-state index contributed by atoms with van der Waals surface area (Å²) in [7, 11) is 0. The summed E-state index contributed by atoms with van der Waals surface area (Å²) in [5, 5.41) is 5.61. The van der Waals surface area contributed by atoms with Crippen LogP contribution in [0.4, 0.5) is 10.5 Å². The fraction of sp³-hybridized carbons (Fsp3) is 0.176. The summed E-state index contributed by atoms with van der Waals surface area (Å²) in [6, 6.07) is 16.2. The lowest BCUT2D eigenvalue weighted by Crippen LogP contribution is -2.31. The molecular formula is C17H18N2O2. The van der Waals surface area contributed by atoms with Gasteiger partial charge in [-0.2, -0.15) is 0 Å². The second kappa shape index (κ2) is 6.70. The number of benzene rings is 2. The summed E-state index contributed by atoms with van der Waals surface area (Å²) in [5.41, 5.74) is 2.32. The molecule has 1 unspecified atom stereocenters. The van der Waals surface area contributed by atoms with Crippen molar-refractivity contribution in [1.29, 1.82) is 0 Å². The lowest BCUT2D eigenvalue weighted by atomic mass is 10.1. The Morgan fingerprint density at radius 1 is 0.952 bits per heavy atom. The Hall–Kier alpha value is -2.62. The molecule has 0 aliphatic carbocycles. The number of amides is 2. The summed E-state index contributed by atoms with van der Waals surface area (Å²) < 4.78 is 0. The van der Waals surface area contributed by atoms with Gasteiger partial charge in [-0.3, -0.25) is 4.79 Å². The van der Waals surface area contributed by atoms with Gasteiger partial charge in [0, 0.05) is 11.3 Å². The molecule has 0 spiro atoms. The Morgan fingerprint density at radius 3 is 2.14 bits per heavy atom. The molecule has 108 valence electrons. The highest BCUT2D eigenvalue weighted by molar-refractivity contribution is 5.95. The normalized spacial score (nSPS) is 11.5. The number of nitrogens with one attached hydrogen (secondary N) is 2. The second-order valence-corrected chi connectivity index (χ2v) is 4.86. The molecule has 0 bridgehead atoms. The lowest BCUT2D eigenvalue weighted by molar-refractivity contribution is 0.101. The van der Waals surface area contributed by atoms with Crippen LogP contribution in [0.1, 0.15) is 35.8 Å². The average molecular weight is 282 g/mol. The van der Waals surface area contributed by atoms with Crippen molar-refractivity contribution in [2.75, 3.05) is 5.32 Å². The van der Waals surface area contributed by atoms with Crippen LogP contribution >= 0.6 is 0 Å². The van der Waals surface area contributed by atoms with Crippen LogP contribution < -0.4 is 10.6 Å². The third-order valence-corrected chi connectivity index (χ3v) is 3.20. The minimum absolute atomic E-state index is 0.00343. The minimum Gasteiger partial charge on any atom is -0.331 e. The van der Waals surface area contributed by atoms with Gasteiger partial charge in [0.25, 0.3) is 0 Å². The van der Waals surface area contributed by atoms with Crippen molar-refractivity contribution in [1.82, 2.24) is 5.32 Å². The maximum absolute atomic E-state index is 11.9. The molecule has 0 aliphatic heterocycles. The first-order valence-electron chi connectivity index (χ1n) is 6.79. The first-order valence-corrected chi connectivity index (χ1v) is 6.79. The molecule has 0 aromatic heterocycles. The number of hydrogen-bond acceptors (Lipinski definition) is 2. The van der Waals surface area contributed by atoms with E-state index in [-0.39, 0.29) is 17.9 Å². The maximum atomic E-state index is 11.9. The highest BCUT2D eigenvalue weighted by Crippen LogP contribution is 2.13. The molecular weight excluding hydrogens is 264 g/mol. The molecule has 21 heavy (non-hydrogen) atoms. The maximum Gasteiger partial charge on any atom is 0.319 e. The summed E-state index contributed by atoms with van der Waals surface area (Å²) in [6.07, 6.45) is 0. The van der Waals surface area contributed by atoms with Crippen LogP contribution in [0.25, 0.3) is 0 Å². The zero-order chi connectivity index (χ0) is 15.2. The second-order valence-electron chi connectivity index (χ2n) is 4.86. The molecule has 4 nitrogen and oxygen atoms in total. The van der Waals surface area contributed by atoms with Crippen LogP contribution in [0.3, 0.4) is 0 Å². The average Bonchev–Trinajstić information content (AvgIpc) is 2.48. The van der Waals surface area contributed by atoms with E-state index in [1.807, 2.05) is 37.3 Å². The molecule has 2 amide bonds. The van der Waals surface area contributed by atoms with Gasteiger partial charge in [-0.15, -0.1) is 0 Å². The fourth-order valence-electron chi connectivity index (χ4n) is 1.98. The number of anilines is 1. The van der Waals surface area contributed by atoms with Gasteiger partial charge in [0.05, 0.1) is 6.04 Å². The van der Waals surface area contributed by atoms with Crippen molar-refractivity contribution < 1.29 is 9.59 Å². The summed E-state index contributed by atoms with van der Waals surface area (Å²) in [6.45, 7) is 3.43. The molecule has 2 N–H and O–H groups in total. The highest BCUT2D eigenvalue weighted by Gasteiger charge is 2.09. The van der Waals surface area contributed by atoms with Gasteiger partial charge in [-0.05, 0) is 43.7 Å². The SMILES string of the molecule is CC(=O)c1ccc(NC(=O)NC(C)c2ccccc2)cc1. The van der Waals surface area contributed by atoms with Crippen LogP contribution in [-0.2, 0) is 0 Å². The molecule has 0 aliphatic rings. The van der Waals surface area contributed by atoms with Crippen LogP contribution in [0.2, 0.25) is 0 Å². The van der Waals surface area contributed by atoms with Crippen LogP contribution in [0.15, 0.2) is 54.6 Å². The van der Waals surface area contributed by atoms with Crippen molar-refractivity contribution >= 4 is 17.5 Å². The fourth-order valence-corrected chi connectivity index (χ4v) is 1.98. The standard InChI is InChI=1S/C17H18N2O2/c1-12(14-6-4-3-5-7-14)18-17(21)19-16-10-8-15(9-11-16)13(2)20/h3-12H,1-2H3,(H2,18,19,21). The predicted octanol–water partition coefficient (Wildman–Crippen LogP) is 3.77. The van der Waals surface area contributed by atoms with E-state index in [1.54, 1.807) is 24.3 Å². The van der Waals surface area contributed by atoms with Crippen LogP contribution in [-0.4, -0.2) is 11.8 Å². The highest BCUT2D eigenvalue weighted by atomic mass is 16.2. The van der Waals surface area contributed by atoms with E-state index >= 15 is 0 Å². The number of Topliss-reactive ketones (excluding diaryl/α,β-unsaturated/α-hetero) is 1. The van der Waals surface area contributed by atoms with Gasteiger partial charge < -0.3 is 10.6 Å². The molecule has 1 atom stereocenters. The number of hydrogen-bond donors (Lipinski definition) is 2. The number of urea groups is 1. The molecule has 0 saturated heterocycles. The van der Waals surface area contributed by atoms with E-state index in [0.717, 1.165) is 5.56 Å². The molecule has 2 aromatic rings. The van der Waals surface area contributed by atoms with E-state index < -0.39 is 0 Å². The molecule has 0 fully saturated rings. The first kappa shape index (κ1) is 14.8. The molecule has 0 heterocycles. The lowest BCUT2D eigenvalue weighted by Gasteiger charge is -2.15. The Bertz CT molecular complexity index is 621. The minimum atomic E-state index is -0.276. The van der Waals surface area contributed by atoms with Gasteiger partial charge >= 0.3 is 6.03 Å². The molecule has 2 aromatic carbocycles. The molecule has 0 saturated carbocycles. The van der Waals surface area contributed by atoms with Crippen molar-refractivity contribution in [2.45, 2.75) is 19.9 Å². The van der Waals surface area contributed by atoms with E-state index in [2.05, 4.69) is 10.6 Å². The van der Waals surface area contributed by atoms with Crippen molar-refractivity contribution in [3.8, 4) is 0 Å². The summed E-state index contributed by atoms with van der Waals surface area (Å²) in [5.74, 6) is 0.00343. The van der Waals surface area contributed by atoms with Gasteiger partial charge in [-0.25, -0.2) is 4.79 Å². The number of rotatable bonds is 4. The van der Waals surface area contributed by atoms with Crippen LogP contribution in [0.5, 0.6) is 0 Å². The van der Waals surface area contributed by atoms with Crippen LogP contribution in [0, 0.1) is 0 Å². The zero-order valence-electron chi connectivity index (χ0n) is 12.1. The zero-order valence-corrected chi connectivity index (χ0v) is 12.1. The molecule has 2 rings (SSSR count). The molecule has 0 radical (unpaired) electrons. The van der Waals surface area contributed by atoms with Gasteiger partial charge in [0.15, 0.2) is 5.78 Å². The number of carbonyl (C=O) groups excluding carboxylic acids is 2. The Labute approximate surface area is 124 Å². The van der Waals surface area contributed by atoms with Crippen molar-refractivity contribution in [3.05, 3.63) is 65.7 Å². The first-order chi connectivity index (χ1) is 10.1. The van der Waals surface area contributed by atoms with E-state index in [1.165, 1.54) is 6.92 Å².